The van der Waals surface area contributed by atoms with Crippen LogP contribution in [-0.4, -0.2) is 49.0 Å². The summed E-state index contributed by atoms with van der Waals surface area (Å²) in [7, 11) is 1.60. The van der Waals surface area contributed by atoms with Crippen molar-refractivity contribution in [3.8, 4) is 11.8 Å². The van der Waals surface area contributed by atoms with Crippen molar-refractivity contribution in [2.75, 3.05) is 33.3 Å². The molecule has 1 aliphatic heterocycles. The van der Waals surface area contributed by atoms with Crippen LogP contribution >= 0.6 is 0 Å². The summed E-state index contributed by atoms with van der Waals surface area (Å²) in [6.07, 6.45) is 0. The molecule has 0 bridgehead atoms. The summed E-state index contributed by atoms with van der Waals surface area (Å²) in [5.41, 5.74) is 2.53. The first-order valence-corrected chi connectivity index (χ1v) is 8.34. The SMILES string of the molecule is COc1cccc(C(=O)N2CCN(Cc3ccc(C#N)cc3)CC2)c1. The minimum atomic E-state index is 0.0527. The van der Waals surface area contributed by atoms with Gasteiger partial charge in [0, 0.05) is 38.3 Å². The molecule has 2 aromatic carbocycles. The quantitative estimate of drug-likeness (QED) is 0.861. The molecule has 0 saturated carbocycles. The van der Waals surface area contributed by atoms with Gasteiger partial charge in [0.1, 0.15) is 5.75 Å². The van der Waals surface area contributed by atoms with Gasteiger partial charge < -0.3 is 9.64 Å². The number of piperazine rings is 1. The predicted molar refractivity (Wildman–Crippen MR) is 95.3 cm³/mol. The molecule has 0 aromatic heterocycles. The minimum absolute atomic E-state index is 0.0527. The van der Waals surface area contributed by atoms with Crippen molar-refractivity contribution in [3.63, 3.8) is 0 Å². The third kappa shape index (κ3) is 4.17. The van der Waals surface area contributed by atoms with Crippen molar-refractivity contribution < 1.29 is 9.53 Å². The van der Waals surface area contributed by atoms with Gasteiger partial charge in [-0.2, -0.15) is 5.26 Å². The highest BCUT2D eigenvalue weighted by atomic mass is 16.5. The van der Waals surface area contributed by atoms with Crippen molar-refractivity contribution in [1.29, 1.82) is 5.26 Å². The molecule has 0 N–H and O–H groups in total. The van der Waals surface area contributed by atoms with E-state index >= 15 is 0 Å². The Kier molecular flexibility index (Phi) is 5.32. The molecule has 0 unspecified atom stereocenters. The normalized spacial score (nSPS) is 14.8. The molecule has 1 aliphatic rings. The van der Waals surface area contributed by atoms with Gasteiger partial charge in [0.05, 0.1) is 18.7 Å². The summed E-state index contributed by atoms with van der Waals surface area (Å²) in [6.45, 7) is 3.96. The Morgan fingerprint density at radius 1 is 1.12 bits per heavy atom. The van der Waals surface area contributed by atoms with E-state index < -0.39 is 0 Å². The second kappa shape index (κ2) is 7.82. The Labute approximate surface area is 148 Å². The zero-order chi connectivity index (χ0) is 17.6. The molecule has 2 aromatic rings. The van der Waals surface area contributed by atoms with Crippen LogP contribution in [0.2, 0.25) is 0 Å². The number of amides is 1. The van der Waals surface area contributed by atoms with E-state index in [0.717, 1.165) is 19.6 Å². The highest BCUT2D eigenvalue weighted by Crippen LogP contribution is 2.16. The van der Waals surface area contributed by atoms with Crippen molar-refractivity contribution in [1.82, 2.24) is 9.80 Å². The van der Waals surface area contributed by atoms with E-state index in [9.17, 15) is 4.79 Å². The van der Waals surface area contributed by atoms with E-state index in [-0.39, 0.29) is 5.91 Å². The lowest BCUT2D eigenvalue weighted by Gasteiger charge is -2.34. The number of hydrogen-bond donors (Lipinski definition) is 0. The number of carbonyl (C=O) groups is 1. The number of rotatable bonds is 4. The van der Waals surface area contributed by atoms with Gasteiger partial charge in [0.25, 0.3) is 5.91 Å². The molecule has 3 rings (SSSR count). The van der Waals surface area contributed by atoms with Crippen LogP contribution in [0.5, 0.6) is 5.75 Å². The van der Waals surface area contributed by atoms with Crippen molar-refractivity contribution in [2.24, 2.45) is 0 Å². The Balaban J connectivity index is 1.55. The molecule has 1 fully saturated rings. The number of ether oxygens (including phenoxy) is 1. The van der Waals surface area contributed by atoms with Gasteiger partial charge in [-0.15, -0.1) is 0 Å². The standard InChI is InChI=1S/C20H21N3O2/c1-25-19-4-2-3-18(13-19)20(24)23-11-9-22(10-12-23)15-17-7-5-16(14-21)6-8-17/h2-8,13H,9-12,15H2,1H3. The molecule has 1 heterocycles. The van der Waals surface area contributed by atoms with Gasteiger partial charge in [-0.3, -0.25) is 9.69 Å². The number of carbonyl (C=O) groups excluding carboxylic acids is 1. The Morgan fingerprint density at radius 2 is 1.84 bits per heavy atom. The van der Waals surface area contributed by atoms with Gasteiger partial charge in [0.2, 0.25) is 0 Å². The molecule has 1 saturated heterocycles. The van der Waals surface area contributed by atoms with E-state index in [1.54, 1.807) is 13.2 Å². The Bertz CT molecular complexity index is 772. The lowest BCUT2D eigenvalue weighted by atomic mass is 10.1. The maximum atomic E-state index is 12.6. The number of nitrogens with zero attached hydrogens (tertiary/aromatic N) is 3. The van der Waals surface area contributed by atoms with Gasteiger partial charge >= 0.3 is 0 Å². The second-order valence-corrected chi connectivity index (χ2v) is 6.11. The molecule has 25 heavy (non-hydrogen) atoms. The van der Waals surface area contributed by atoms with Gasteiger partial charge in [0.15, 0.2) is 0 Å². The van der Waals surface area contributed by atoms with Crippen LogP contribution in [0.25, 0.3) is 0 Å². The fourth-order valence-electron chi connectivity index (χ4n) is 2.99. The molecular weight excluding hydrogens is 314 g/mol. The van der Waals surface area contributed by atoms with Crippen LogP contribution in [-0.2, 0) is 6.54 Å². The van der Waals surface area contributed by atoms with E-state index in [2.05, 4.69) is 11.0 Å². The summed E-state index contributed by atoms with van der Waals surface area (Å²) < 4.78 is 5.19. The van der Waals surface area contributed by atoms with Crippen LogP contribution in [0.4, 0.5) is 0 Å². The topological polar surface area (TPSA) is 56.6 Å². The lowest BCUT2D eigenvalue weighted by molar-refractivity contribution is 0.0628. The van der Waals surface area contributed by atoms with E-state index in [1.807, 2.05) is 47.4 Å². The van der Waals surface area contributed by atoms with Crippen molar-refractivity contribution >= 4 is 5.91 Å². The molecule has 0 aliphatic carbocycles. The summed E-state index contributed by atoms with van der Waals surface area (Å²) in [5, 5.41) is 8.85. The number of methoxy groups -OCH3 is 1. The smallest absolute Gasteiger partial charge is 0.254 e. The van der Waals surface area contributed by atoms with Gasteiger partial charge in [-0.05, 0) is 35.9 Å². The van der Waals surface area contributed by atoms with Crippen LogP contribution in [0, 0.1) is 11.3 Å². The average Bonchev–Trinajstić information content (AvgIpc) is 2.68. The van der Waals surface area contributed by atoms with Gasteiger partial charge in [-0.25, -0.2) is 0 Å². The van der Waals surface area contributed by atoms with Crippen LogP contribution in [0.15, 0.2) is 48.5 Å². The fraction of sp³-hybridized carbons (Fsp3) is 0.300. The van der Waals surface area contributed by atoms with Gasteiger partial charge in [-0.1, -0.05) is 18.2 Å². The lowest BCUT2D eigenvalue weighted by Crippen LogP contribution is -2.48. The molecule has 1 amide bonds. The van der Waals surface area contributed by atoms with Crippen molar-refractivity contribution in [3.05, 3.63) is 65.2 Å². The summed E-state index contributed by atoms with van der Waals surface area (Å²) in [5.74, 6) is 0.752. The minimum Gasteiger partial charge on any atom is -0.497 e. The molecule has 0 atom stereocenters. The Morgan fingerprint density at radius 3 is 2.48 bits per heavy atom. The number of benzene rings is 2. The first-order chi connectivity index (χ1) is 12.2. The monoisotopic (exact) mass is 335 g/mol. The molecule has 0 radical (unpaired) electrons. The summed E-state index contributed by atoms with van der Waals surface area (Å²) in [6, 6.07) is 17.1. The highest BCUT2D eigenvalue weighted by molar-refractivity contribution is 5.94. The zero-order valence-corrected chi connectivity index (χ0v) is 14.3. The third-order valence-corrected chi connectivity index (χ3v) is 4.47. The maximum absolute atomic E-state index is 12.6. The molecular formula is C20H21N3O2. The maximum Gasteiger partial charge on any atom is 0.254 e. The first kappa shape index (κ1) is 17.0. The second-order valence-electron chi connectivity index (χ2n) is 6.11. The van der Waals surface area contributed by atoms with Crippen LogP contribution in [0.1, 0.15) is 21.5 Å². The summed E-state index contributed by atoms with van der Waals surface area (Å²) in [4.78, 5) is 16.8. The van der Waals surface area contributed by atoms with E-state index in [1.165, 1.54) is 5.56 Å². The number of hydrogen-bond acceptors (Lipinski definition) is 4. The summed E-state index contributed by atoms with van der Waals surface area (Å²) >= 11 is 0. The molecule has 5 nitrogen and oxygen atoms in total. The molecule has 128 valence electrons. The first-order valence-electron chi connectivity index (χ1n) is 8.34. The van der Waals surface area contributed by atoms with Crippen molar-refractivity contribution in [2.45, 2.75) is 6.54 Å². The van der Waals surface area contributed by atoms with Crippen LogP contribution < -0.4 is 4.74 Å². The van der Waals surface area contributed by atoms with E-state index in [0.29, 0.717) is 30.0 Å². The van der Waals surface area contributed by atoms with E-state index in [4.69, 9.17) is 10.00 Å². The largest absolute Gasteiger partial charge is 0.497 e. The molecule has 5 heteroatoms. The zero-order valence-electron chi connectivity index (χ0n) is 14.3. The predicted octanol–water partition coefficient (Wildman–Crippen LogP) is 2.52. The highest BCUT2D eigenvalue weighted by Gasteiger charge is 2.22. The third-order valence-electron chi connectivity index (χ3n) is 4.47. The number of nitriles is 1. The Hall–Kier alpha value is -2.84. The average molecular weight is 335 g/mol. The van der Waals surface area contributed by atoms with Crippen LogP contribution in [0.3, 0.4) is 0 Å². The fourth-order valence-corrected chi connectivity index (χ4v) is 2.99. The molecule has 0 spiro atoms.